The van der Waals surface area contributed by atoms with Crippen molar-refractivity contribution < 1.29 is 0 Å². The molecule has 1 aliphatic rings. The molecule has 2 rings (SSSR count). The third-order valence-corrected chi connectivity index (χ3v) is 3.63. The Morgan fingerprint density at radius 3 is 2.75 bits per heavy atom. The molecule has 0 spiro atoms. The molecule has 1 aliphatic carbocycles. The predicted molar refractivity (Wildman–Crippen MR) is 69.6 cm³/mol. The molecule has 0 bridgehead atoms. The molecule has 1 N–H and O–H groups in total. The first-order valence-corrected chi connectivity index (χ1v) is 6.62. The second-order valence-corrected chi connectivity index (χ2v) is 5.16. The lowest BCUT2D eigenvalue weighted by atomic mass is 9.87. The van der Waals surface area contributed by atoms with Crippen molar-refractivity contribution in [3.63, 3.8) is 0 Å². The quantitative estimate of drug-likeness (QED) is 0.815. The number of hydrogen-bond acceptors (Lipinski definition) is 1. The van der Waals surface area contributed by atoms with Crippen molar-refractivity contribution >= 4 is 0 Å². The number of hydrogen-bond donors (Lipinski definition) is 1. The van der Waals surface area contributed by atoms with Gasteiger partial charge in [-0.05, 0) is 37.3 Å². The molecule has 2 unspecified atom stereocenters. The van der Waals surface area contributed by atoms with Gasteiger partial charge in [-0.2, -0.15) is 0 Å². The zero-order chi connectivity index (χ0) is 11.2. The van der Waals surface area contributed by atoms with Gasteiger partial charge >= 0.3 is 0 Å². The summed E-state index contributed by atoms with van der Waals surface area (Å²) in [4.78, 5) is 0. The van der Waals surface area contributed by atoms with Gasteiger partial charge in [-0.25, -0.2) is 0 Å². The van der Waals surface area contributed by atoms with Crippen molar-refractivity contribution in [1.82, 2.24) is 5.32 Å². The van der Waals surface area contributed by atoms with Gasteiger partial charge in [0.1, 0.15) is 0 Å². The van der Waals surface area contributed by atoms with Crippen LogP contribution in [0.5, 0.6) is 0 Å². The van der Waals surface area contributed by atoms with Gasteiger partial charge in [0.05, 0.1) is 0 Å². The summed E-state index contributed by atoms with van der Waals surface area (Å²) in [5.41, 5.74) is 1.44. The molecule has 2 atom stereocenters. The maximum absolute atomic E-state index is 3.70. The molecule has 1 aromatic carbocycles. The summed E-state index contributed by atoms with van der Waals surface area (Å²) >= 11 is 0. The van der Waals surface area contributed by atoms with Crippen LogP contribution in [0, 0.1) is 5.92 Å². The highest BCUT2D eigenvalue weighted by Gasteiger charge is 2.17. The Morgan fingerprint density at radius 1 is 1.19 bits per heavy atom. The fourth-order valence-electron chi connectivity index (χ4n) is 2.68. The summed E-state index contributed by atoms with van der Waals surface area (Å²) in [6.45, 7) is 3.51. The Balaban J connectivity index is 1.68. The Kier molecular flexibility index (Phi) is 4.41. The third kappa shape index (κ3) is 3.64. The Hall–Kier alpha value is -0.820. The lowest BCUT2D eigenvalue weighted by Crippen LogP contribution is -2.34. The van der Waals surface area contributed by atoms with Gasteiger partial charge in [-0.15, -0.1) is 0 Å². The van der Waals surface area contributed by atoms with Gasteiger partial charge in [0, 0.05) is 6.04 Å². The number of nitrogens with one attached hydrogen (secondary N) is 1. The number of benzene rings is 1. The van der Waals surface area contributed by atoms with E-state index in [0.717, 1.165) is 24.9 Å². The van der Waals surface area contributed by atoms with Crippen LogP contribution in [0.1, 0.15) is 38.2 Å². The minimum Gasteiger partial charge on any atom is -0.314 e. The maximum atomic E-state index is 3.70. The highest BCUT2D eigenvalue weighted by atomic mass is 14.9. The van der Waals surface area contributed by atoms with E-state index in [0.29, 0.717) is 0 Å². The average Bonchev–Trinajstić information content (AvgIpc) is 2.30. The summed E-state index contributed by atoms with van der Waals surface area (Å²) < 4.78 is 0. The van der Waals surface area contributed by atoms with E-state index in [9.17, 15) is 0 Å². The Labute approximate surface area is 99.3 Å². The minimum atomic E-state index is 0.771. The zero-order valence-corrected chi connectivity index (χ0v) is 10.3. The van der Waals surface area contributed by atoms with Crippen LogP contribution in [-0.2, 0) is 6.42 Å². The van der Waals surface area contributed by atoms with Gasteiger partial charge in [-0.3, -0.25) is 0 Å². The molecule has 88 valence electrons. The molecular weight excluding hydrogens is 194 g/mol. The van der Waals surface area contributed by atoms with Gasteiger partial charge in [0.2, 0.25) is 0 Å². The largest absolute Gasteiger partial charge is 0.314 e. The van der Waals surface area contributed by atoms with E-state index in [1.807, 2.05) is 0 Å². The zero-order valence-electron chi connectivity index (χ0n) is 10.3. The normalized spacial score (nSPS) is 25.6. The summed E-state index contributed by atoms with van der Waals surface area (Å²) in [5, 5.41) is 3.70. The van der Waals surface area contributed by atoms with E-state index in [-0.39, 0.29) is 0 Å². The topological polar surface area (TPSA) is 12.0 Å². The highest BCUT2D eigenvalue weighted by molar-refractivity contribution is 5.14. The van der Waals surface area contributed by atoms with Crippen LogP contribution in [-0.4, -0.2) is 12.6 Å². The monoisotopic (exact) mass is 217 g/mol. The van der Waals surface area contributed by atoms with Gasteiger partial charge in [-0.1, -0.05) is 50.1 Å². The molecule has 1 nitrogen and oxygen atoms in total. The van der Waals surface area contributed by atoms with Crippen LogP contribution in [0.2, 0.25) is 0 Å². The Morgan fingerprint density at radius 2 is 2.00 bits per heavy atom. The first-order chi connectivity index (χ1) is 7.84. The molecule has 1 saturated carbocycles. The van der Waals surface area contributed by atoms with Crippen LogP contribution >= 0.6 is 0 Å². The second kappa shape index (κ2) is 6.05. The van der Waals surface area contributed by atoms with Crippen molar-refractivity contribution in [3.05, 3.63) is 35.9 Å². The predicted octanol–water partition coefficient (Wildman–Crippen LogP) is 3.40. The van der Waals surface area contributed by atoms with Crippen LogP contribution in [0.25, 0.3) is 0 Å². The first kappa shape index (κ1) is 11.7. The minimum absolute atomic E-state index is 0.771. The van der Waals surface area contributed by atoms with E-state index in [1.54, 1.807) is 0 Å². The summed E-state index contributed by atoms with van der Waals surface area (Å²) in [5.74, 6) is 0.919. The fraction of sp³-hybridized carbons (Fsp3) is 0.600. The average molecular weight is 217 g/mol. The van der Waals surface area contributed by atoms with Crippen LogP contribution in [0.15, 0.2) is 30.3 Å². The molecule has 0 amide bonds. The number of rotatable bonds is 4. The molecular formula is C15H23N. The van der Waals surface area contributed by atoms with Gasteiger partial charge in [0.15, 0.2) is 0 Å². The highest BCUT2D eigenvalue weighted by Crippen LogP contribution is 2.23. The molecule has 1 fully saturated rings. The molecule has 1 heteroatoms. The molecule has 0 aromatic heterocycles. The van der Waals surface area contributed by atoms with Crippen molar-refractivity contribution in [2.75, 3.05) is 6.54 Å². The fourth-order valence-corrected chi connectivity index (χ4v) is 2.68. The first-order valence-electron chi connectivity index (χ1n) is 6.62. The smallest absolute Gasteiger partial charge is 0.00697 e. The SMILES string of the molecule is CC1CCCC(NCCc2ccccc2)C1. The molecule has 1 aromatic rings. The standard InChI is InChI=1S/C15H23N/c1-13-6-5-9-15(12-13)16-11-10-14-7-3-2-4-8-14/h2-4,7-8,13,15-16H,5-6,9-12H2,1H3. The van der Waals surface area contributed by atoms with Crippen LogP contribution in [0.3, 0.4) is 0 Å². The Bertz CT molecular complexity index is 294. The second-order valence-electron chi connectivity index (χ2n) is 5.16. The van der Waals surface area contributed by atoms with Gasteiger partial charge in [0.25, 0.3) is 0 Å². The van der Waals surface area contributed by atoms with Crippen molar-refractivity contribution in [2.45, 2.75) is 45.1 Å². The van der Waals surface area contributed by atoms with Crippen molar-refractivity contribution in [3.8, 4) is 0 Å². The van der Waals surface area contributed by atoms with Gasteiger partial charge < -0.3 is 5.32 Å². The van der Waals surface area contributed by atoms with E-state index in [4.69, 9.17) is 0 Å². The molecule has 0 radical (unpaired) electrons. The van der Waals surface area contributed by atoms with E-state index in [2.05, 4.69) is 42.6 Å². The third-order valence-electron chi connectivity index (χ3n) is 3.63. The van der Waals surface area contributed by atoms with Crippen LogP contribution < -0.4 is 5.32 Å². The summed E-state index contributed by atoms with van der Waals surface area (Å²) in [6.07, 6.45) is 6.74. The maximum Gasteiger partial charge on any atom is 0.00697 e. The van der Waals surface area contributed by atoms with Crippen molar-refractivity contribution in [1.29, 1.82) is 0 Å². The molecule has 0 aliphatic heterocycles. The van der Waals surface area contributed by atoms with E-state index < -0.39 is 0 Å². The summed E-state index contributed by atoms with van der Waals surface area (Å²) in [7, 11) is 0. The molecule has 0 heterocycles. The van der Waals surface area contributed by atoms with Crippen LogP contribution in [0.4, 0.5) is 0 Å². The van der Waals surface area contributed by atoms with E-state index >= 15 is 0 Å². The summed E-state index contributed by atoms with van der Waals surface area (Å²) in [6, 6.07) is 11.5. The molecule has 0 saturated heterocycles. The van der Waals surface area contributed by atoms with Crippen molar-refractivity contribution in [2.24, 2.45) is 5.92 Å². The van der Waals surface area contributed by atoms with E-state index in [1.165, 1.54) is 31.2 Å². The lowest BCUT2D eigenvalue weighted by molar-refractivity contribution is 0.303. The molecule has 16 heavy (non-hydrogen) atoms. The lowest BCUT2D eigenvalue weighted by Gasteiger charge is -2.27.